The van der Waals surface area contributed by atoms with Crippen LogP contribution in [0.15, 0.2) is 22.7 Å². The summed E-state index contributed by atoms with van der Waals surface area (Å²) in [6.45, 7) is 7.32. The van der Waals surface area contributed by atoms with Crippen LogP contribution in [0.5, 0.6) is 0 Å². The van der Waals surface area contributed by atoms with E-state index in [0.717, 1.165) is 16.8 Å². The molecule has 0 unspecified atom stereocenters. The molecule has 0 aliphatic carbocycles. The monoisotopic (exact) mass is 316 g/mol. The largest absolute Gasteiger partial charge is 0.376 e. The van der Waals surface area contributed by atoms with Crippen LogP contribution in [0.4, 0.5) is 5.69 Å². The first-order valence-corrected chi connectivity index (χ1v) is 7.21. The molecule has 0 saturated carbocycles. The van der Waals surface area contributed by atoms with Gasteiger partial charge in [-0.3, -0.25) is 20.4 Å². The minimum Gasteiger partial charge on any atom is -0.376 e. The minimum atomic E-state index is -0.457. The maximum absolute atomic E-state index is 12.0. The van der Waals surface area contributed by atoms with Gasteiger partial charge in [0.25, 0.3) is 11.8 Å². The van der Waals surface area contributed by atoms with E-state index in [4.69, 9.17) is 4.52 Å². The first-order chi connectivity index (χ1) is 10.9. The second-order valence-electron chi connectivity index (χ2n) is 5.37. The SMILES string of the molecule is Cc1ccc(NCC(=O)NNC(=O)c2c(C)noc2C)c(C)c1. The molecule has 0 bridgehead atoms. The zero-order valence-electron chi connectivity index (χ0n) is 13.6. The molecule has 0 spiro atoms. The summed E-state index contributed by atoms with van der Waals surface area (Å²) < 4.78 is 4.92. The summed E-state index contributed by atoms with van der Waals surface area (Å²) in [5, 5.41) is 6.72. The van der Waals surface area contributed by atoms with Crippen molar-refractivity contribution >= 4 is 17.5 Å². The number of anilines is 1. The normalized spacial score (nSPS) is 10.3. The molecule has 0 aliphatic heterocycles. The van der Waals surface area contributed by atoms with Crippen molar-refractivity contribution in [3.8, 4) is 0 Å². The second kappa shape index (κ2) is 6.95. The molecule has 1 aromatic carbocycles. The number of rotatable bonds is 4. The molecule has 23 heavy (non-hydrogen) atoms. The molecule has 122 valence electrons. The topological polar surface area (TPSA) is 96.3 Å². The van der Waals surface area contributed by atoms with Crippen LogP contribution in [-0.2, 0) is 4.79 Å². The van der Waals surface area contributed by atoms with Crippen LogP contribution >= 0.6 is 0 Å². The van der Waals surface area contributed by atoms with E-state index in [-0.39, 0.29) is 12.5 Å². The molecule has 1 heterocycles. The Morgan fingerprint density at radius 3 is 2.48 bits per heavy atom. The Balaban J connectivity index is 1.85. The van der Waals surface area contributed by atoms with Gasteiger partial charge in [-0.05, 0) is 39.3 Å². The van der Waals surface area contributed by atoms with Crippen LogP contribution in [0, 0.1) is 27.7 Å². The van der Waals surface area contributed by atoms with Gasteiger partial charge in [-0.15, -0.1) is 0 Å². The Morgan fingerprint density at radius 1 is 1.13 bits per heavy atom. The number of hydrogen-bond donors (Lipinski definition) is 3. The lowest BCUT2D eigenvalue weighted by Crippen LogP contribution is -2.44. The van der Waals surface area contributed by atoms with Gasteiger partial charge in [-0.25, -0.2) is 0 Å². The van der Waals surface area contributed by atoms with Crippen molar-refractivity contribution in [2.75, 3.05) is 11.9 Å². The van der Waals surface area contributed by atoms with Gasteiger partial charge in [0.1, 0.15) is 11.3 Å². The summed E-state index contributed by atoms with van der Waals surface area (Å²) in [4.78, 5) is 23.8. The molecule has 0 radical (unpaired) electrons. The van der Waals surface area contributed by atoms with Crippen LogP contribution in [0.25, 0.3) is 0 Å². The molecule has 2 amide bonds. The average Bonchev–Trinajstić information content (AvgIpc) is 2.83. The van der Waals surface area contributed by atoms with Gasteiger partial charge in [0, 0.05) is 5.69 Å². The van der Waals surface area contributed by atoms with Crippen LogP contribution < -0.4 is 16.2 Å². The van der Waals surface area contributed by atoms with E-state index in [0.29, 0.717) is 17.0 Å². The van der Waals surface area contributed by atoms with Gasteiger partial charge in [0.05, 0.1) is 12.2 Å². The predicted molar refractivity (Wildman–Crippen MR) is 86.0 cm³/mol. The maximum Gasteiger partial charge on any atom is 0.275 e. The van der Waals surface area contributed by atoms with E-state index in [9.17, 15) is 9.59 Å². The second-order valence-corrected chi connectivity index (χ2v) is 5.37. The summed E-state index contributed by atoms with van der Waals surface area (Å²) in [7, 11) is 0. The van der Waals surface area contributed by atoms with E-state index in [1.165, 1.54) is 0 Å². The Kier molecular flexibility index (Phi) is 5.00. The van der Waals surface area contributed by atoms with Crippen molar-refractivity contribution in [1.82, 2.24) is 16.0 Å². The Morgan fingerprint density at radius 2 is 1.87 bits per heavy atom. The molecule has 0 saturated heterocycles. The number of hydrogen-bond acceptors (Lipinski definition) is 5. The quantitative estimate of drug-likeness (QED) is 0.747. The van der Waals surface area contributed by atoms with Gasteiger partial charge in [-0.2, -0.15) is 0 Å². The highest BCUT2D eigenvalue weighted by Crippen LogP contribution is 2.15. The molecule has 0 atom stereocenters. The third-order valence-corrected chi connectivity index (χ3v) is 3.40. The number of benzene rings is 1. The van der Waals surface area contributed by atoms with E-state index in [2.05, 4.69) is 21.3 Å². The fourth-order valence-electron chi connectivity index (χ4n) is 2.23. The highest BCUT2D eigenvalue weighted by molar-refractivity contribution is 5.97. The van der Waals surface area contributed by atoms with Crippen molar-refractivity contribution in [3.63, 3.8) is 0 Å². The smallest absolute Gasteiger partial charge is 0.275 e. The molecule has 3 N–H and O–H groups in total. The van der Waals surface area contributed by atoms with Gasteiger partial charge in [0.15, 0.2) is 0 Å². The summed E-state index contributed by atoms with van der Waals surface area (Å²) in [6.07, 6.45) is 0. The molecule has 2 aromatic rings. The maximum atomic E-state index is 12.0. The highest BCUT2D eigenvalue weighted by atomic mass is 16.5. The Bertz CT molecular complexity index is 717. The average molecular weight is 316 g/mol. The number of nitrogens with one attached hydrogen (secondary N) is 3. The van der Waals surface area contributed by atoms with E-state index in [1.54, 1.807) is 13.8 Å². The lowest BCUT2D eigenvalue weighted by Gasteiger charge is -2.11. The molecule has 0 fully saturated rings. The lowest BCUT2D eigenvalue weighted by atomic mass is 10.1. The van der Waals surface area contributed by atoms with Crippen LogP contribution in [0.2, 0.25) is 0 Å². The summed E-state index contributed by atoms with van der Waals surface area (Å²) >= 11 is 0. The van der Waals surface area contributed by atoms with Gasteiger partial charge < -0.3 is 9.84 Å². The van der Waals surface area contributed by atoms with Gasteiger partial charge in [-0.1, -0.05) is 22.9 Å². The molecule has 7 heteroatoms. The third-order valence-electron chi connectivity index (χ3n) is 3.40. The number of hydrazine groups is 1. The number of carbonyl (C=O) groups is 2. The fourth-order valence-corrected chi connectivity index (χ4v) is 2.23. The molecule has 7 nitrogen and oxygen atoms in total. The number of aromatic nitrogens is 1. The highest BCUT2D eigenvalue weighted by Gasteiger charge is 2.17. The molecule has 1 aromatic heterocycles. The number of amides is 2. The summed E-state index contributed by atoms with van der Waals surface area (Å²) in [5.41, 5.74) is 8.59. The summed E-state index contributed by atoms with van der Waals surface area (Å²) in [5.74, 6) is -0.408. The zero-order valence-corrected chi connectivity index (χ0v) is 13.6. The Hall–Kier alpha value is -2.83. The zero-order chi connectivity index (χ0) is 17.0. The third kappa shape index (κ3) is 4.09. The van der Waals surface area contributed by atoms with Gasteiger partial charge >= 0.3 is 0 Å². The van der Waals surface area contributed by atoms with E-state index < -0.39 is 5.91 Å². The van der Waals surface area contributed by atoms with Crippen molar-refractivity contribution < 1.29 is 14.1 Å². The van der Waals surface area contributed by atoms with E-state index in [1.807, 2.05) is 32.0 Å². The Labute approximate surface area is 134 Å². The molecule has 0 aliphatic rings. The van der Waals surface area contributed by atoms with Crippen molar-refractivity contribution in [1.29, 1.82) is 0 Å². The number of aryl methyl sites for hydroxylation is 4. The minimum absolute atomic E-state index is 0.0474. The molecular formula is C16H20N4O3. The van der Waals surface area contributed by atoms with Crippen LogP contribution in [0.3, 0.4) is 0 Å². The first kappa shape index (κ1) is 16.5. The van der Waals surface area contributed by atoms with Crippen molar-refractivity contribution in [3.05, 3.63) is 46.3 Å². The van der Waals surface area contributed by atoms with E-state index >= 15 is 0 Å². The predicted octanol–water partition coefficient (Wildman–Crippen LogP) is 1.78. The van der Waals surface area contributed by atoms with Crippen molar-refractivity contribution in [2.45, 2.75) is 27.7 Å². The molecular weight excluding hydrogens is 296 g/mol. The number of nitrogens with zero attached hydrogens (tertiary/aromatic N) is 1. The summed E-state index contributed by atoms with van der Waals surface area (Å²) in [6, 6.07) is 5.91. The lowest BCUT2D eigenvalue weighted by molar-refractivity contribution is -0.120. The first-order valence-electron chi connectivity index (χ1n) is 7.21. The number of carbonyl (C=O) groups excluding carboxylic acids is 2. The van der Waals surface area contributed by atoms with Crippen molar-refractivity contribution in [2.24, 2.45) is 0 Å². The molecule has 2 rings (SSSR count). The fraction of sp³-hybridized carbons (Fsp3) is 0.312. The van der Waals surface area contributed by atoms with Crippen LogP contribution in [0.1, 0.15) is 32.9 Å². The van der Waals surface area contributed by atoms with Crippen LogP contribution in [-0.4, -0.2) is 23.5 Å². The standard InChI is InChI=1S/C16H20N4O3/c1-9-5-6-13(10(2)7-9)17-8-14(21)18-19-16(22)15-11(3)20-23-12(15)4/h5-7,17H,8H2,1-4H3,(H,18,21)(H,19,22). The van der Waals surface area contributed by atoms with Gasteiger partial charge in [0.2, 0.25) is 0 Å².